The van der Waals surface area contributed by atoms with Crippen LogP contribution in [-0.4, -0.2) is 17.5 Å². The van der Waals surface area contributed by atoms with E-state index in [2.05, 4.69) is 16.4 Å². The molecule has 4 rings (SSSR count). The first-order valence-corrected chi connectivity index (χ1v) is 9.14. The van der Waals surface area contributed by atoms with E-state index in [0.29, 0.717) is 17.3 Å². The number of ether oxygens (including phenoxy) is 1. The molecule has 0 saturated heterocycles. The van der Waals surface area contributed by atoms with E-state index < -0.39 is 0 Å². The number of nitrogens with one attached hydrogen (secondary N) is 1. The van der Waals surface area contributed by atoms with Crippen LogP contribution in [-0.2, 0) is 4.79 Å². The SMILES string of the molecule is Cc1cc(C)c2oc(-c3ccc(NC(=O)COc4ccc(F)cc4)cc3)nc2c1. The normalized spacial score (nSPS) is 10.9. The van der Waals surface area contributed by atoms with Crippen LogP contribution in [0.2, 0.25) is 0 Å². The number of carbonyl (C=O) groups is 1. The molecule has 1 N–H and O–H groups in total. The Hall–Kier alpha value is -3.67. The molecule has 0 saturated carbocycles. The molecule has 0 atom stereocenters. The topological polar surface area (TPSA) is 64.4 Å². The van der Waals surface area contributed by atoms with Gasteiger partial charge in [0, 0.05) is 11.3 Å². The molecule has 5 nitrogen and oxygen atoms in total. The summed E-state index contributed by atoms with van der Waals surface area (Å²) in [6.45, 7) is 3.85. The average molecular weight is 390 g/mol. The second-order valence-electron chi connectivity index (χ2n) is 6.82. The summed E-state index contributed by atoms with van der Waals surface area (Å²) in [7, 11) is 0. The van der Waals surface area contributed by atoms with E-state index in [-0.39, 0.29) is 18.3 Å². The van der Waals surface area contributed by atoms with E-state index >= 15 is 0 Å². The number of aromatic nitrogens is 1. The predicted molar refractivity (Wildman–Crippen MR) is 109 cm³/mol. The minimum absolute atomic E-state index is 0.170. The van der Waals surface area contributed by atoms with Crippen molar-refractivity contribution in [3.8, 4) is 17.2 Å². The van der Waals surface area contributed by atoms with Gasteiger partial charge in [-0.15, -0.1) is 0 Å². The highest BCUT2D eigenvalue weighted by atomic mass is 19.1. The summed E-state index contributed by atoms with van der Waals surface area (Å²) >= 11 is 0. The number of hydrogen-bond donors (Lipinski definition) is 1. The Kier molecular flexibility index (Phi) is 4.99. The summed E-state index contributed by atoms with van der Waals surface area (Å²) in [6.07, 6.45) is 0. The molecule has 0 aliphatic heterocycles. The first-order valence-electron chi connectivity index (χ1n) is 9.14. The van der Waals surface area contributed by atoms with Crippen molar-refractivity contribution >= 4 is 22.7 Å². The third-order valence-corrected chi connectivity index (χ3v) is 4.42. The zero-order chi connectivity index (χ0) is 20.4. The number of amides is 1. The molecule has 0 radical (unpaired) electrons. The predicted octanol–water partition coefficient (Wildman–Crippen LogP) is 5.27. The van der Waals surface area contributed by atoms with Crippen LogP contribution in [0.1, 0.15) is 11.1 Å². The van der Waals surface area contributed by atoms with Crippen LogP contribution in [0.25, 0.3) is 22.6 Å². The minimum Gasteiger partial charge on any atom is -0.484 e. The maximum atomic E-state index is 12.9. The zero-order valence-electron chi connectivity index (χ0n) is 16.0. The first kappa shape index (κ1) is 18.7. The van der Waals surface area contributed by atoms with E-state index in [0.717, 1.165) is 27.8 Å². The van der Waals surface area contributed by atoms with Crippen LogP contribution < -0.4 is 10.1 Å². The third-order valence-electron chi connectivity index (χ3n) is 4.42. The summed E-state index contributed by atoms with van der Waals surface area (Å²) < 4.78 is 24.1. The highest BCUT2D eigenvalue weighted by Gasteiger charge is 2.11. The standard InChI is InChI=1S/C23H19FN2O3/c1-14-11-15(2)22-20(12-14)26-23(29-22)16-3-7-18(8-4-16)25-21(27)13-28-19-9-5-17(24)6-10-19/h3-12H,13H2,1-2H3,(H,25,27). The summed E-state index contributed by atoms with van der Waals surface area (Å²) in [5.41, 5.74) is 5.23. The van der Waals surface area contributed by atoms with Crippen molar-refractivity contribution < 1.29 is 18.3 Å². The van der Waals surface area contributed by atoms with Gasteiger partial charge in [-0.05, 0) is 79.6 Å². The minimum atomic E-state index is -0.355. The van der Waals surface area contributed by atoms with Crippen LogP contribution in [0.3, 0.4) is 0 Å². The van der Waals surface area contributed by atoms with E-state index in [1.54, 1.807) is 12.1 Å². The smallest absolute Gasteiger partial charge is 0.262 e. The van der Waals surface area contributed by atoms with Gasteiger partial charge in [-0.3, -0.25) is 4.79 Å². The number of nitrogens with zero attached hydrogens (tertiary/aromatic N) is 1. The molecule has 0 aliphatic rings. The molecular weight excluding hydrogens is 371 g/mol. The lowest BCUT2D eigenvalue weighted by molar-refractivity contribution is -0.118. The van der Waals surface area contributed by atoms with Gasteiger partial charge < -0.3 is 14.5 Å². The maximum Gasteiger partial charge on any atom is 0.262 e. The number of anilines is 1. The van der Waals surface area contributed by atoms with E-state index in [1.165, 1.54) is 24.3 Å². The first-order chi connectivity index (χ1) is 14.0. The van der Waals surface area contributed by atoms with E-state index in [4.69, 9.17) is 9.15 Å². The molecule has 1 amide bonds. The molecule has 3 aromatic carbocycles. The molecule has 29 heavy (non-hydrogen) atoms. The Morgan fingerprint density at radius 1 is 1.07 bits per heavy atom. The Bertz CT molecular complexity index is 1170. The van der Waals surface area contributed by atoms with Gasteiger partial charge in [0.15, 0.2) is 12.2 Å². The van der Waals surface area contributed by atoms with Crippen molar-refractivity contribution in [1.82, 2.24) is 4.98 Å². The number of fused-ring (bicyclic) bond motifs is 1. The zero-order valence-corrected chi connectivity index (χ0v) is 16.0. The number of aryl methyl sites for hydroxylation is 2. The number of benzene rings is 3. The molecule has 0 fully saturated rings. The van der Waals surface area contributed by atoms with E-state index in [9.17, 15) is 9.18 Å². The Labute approximate surface area is 167 Å². The molecule has 146 valence electrons. The summed E-state index contributed by atoms with van der Waals surface area (Å²) in [5.74, 6) is 0.297. The Balaban J connectivity index is 1.42. The fourth-order valence-corrected chi connectivity index (χ4v) is 3.07. The molecule has 6 heteroatoms. The molecule has 0 spiro atoms. The summed E-state index contributed by atoms with van der Waals surface area (Å²) in [4.78, 5) is 16.6. The van der Waals surface area contributed by atoms with Crippen molar-refractivity contribution in [3.63, 3.8) is 0 Å². The fraction of sp³-hybridized carbons (Fsp3) is 0.130. The number of carbonyl (C=O) groups excluding carboxylic acids is 1. The molecule has 4 aromatic rings. The Morgan fingerprint density at radius 2 is 1.79 bits per heavy atom. The fourth-order valence-electron chi connectivity index (χ4n) is 3.07. The largest absolute Gasteiger partial charge is 0.484 e. The quantitative estimate of drug-likeness (QED) is 0.504. The lowest BCUT2D eigenvalue weighted by atomic mass is 10.1. The van der Waals surface area contributed by atoms with Gasteiger partial charge >= 0.3 is 0 Å². The van der Waals surface area contributed by atoms with Crippen molar-refractivity contribution in [1.29, 1.82) is 0 Å². The van der Waals surface area contributed by atoms with Crippen LogP contribution >= 0.6 is 0 Å². The van der Waals surface area contributed by atoms with Gasteiger partial charge in [0.2, 0.25) is 5.89 Å². The number of halogens is 1. The maximum absolute atomic E-state index is 12.9. The molecule has 0 unspecified atom stereocenters. The van der Waals surface area contributed by atoms with Gasteiger partial charge in [0.1, 0.15) is 17.1 Å². The number of rotatable bonds is 5. The second kappa shape index (κ2) is 7.75. The molecule has 1 aromatic heterocycles. The van der Waals surface area contributed by atoms with Crippen molar-refractivity contribution in [2.24, 2.45) is 0 Å². The van der Waals surface area contributed by atoms with Crippen LogP contribution in [0, 0.1) is 19.7 Å². The number of hydrogen-bond acceptors (Lipinski definition) is 4. The number of oxazole rings is 1. The van der Waals surface area contributed by atoms with Gasteiger partial charge in [0.05, 0.1) is 0 Å². The van der Waals surface area contributed by atoms with Crippen LogP contribution in [0.5, 0.6) is 5.75 Å². The van der Waals surface area contributed by atoms with Crippen LogP contribution in [0.4, 0.5) is 10.1 Å². The summed E-state index contributed by atoms with van der Waals surface area (Å²) in [6, 6.07) is 16.8. The Morgan fingerprint density at radius 3 is 2.52 bits per heavy atom. The van der Waals surface area contributed by atoms with Gasteiger partial charge in [-0.25, -0.2) is 9.37 Å². The van der Waals surface area contributed by atoms with Crippen molar-refractivity contribution in [2.75, 3.05) is 11.9 Å². The van der Waals surface area contributed by atoms with Gasteiger partial charge in [-0.1, -0.05) is 6.07 Å². The third kappa shape index (κ3) is 4.27. The van der Waals surface area contributed by atoms with Crippen LogP contribution in [0.15, 0.2) is 65.1 Å². The second-order valence-corrected chi connectivity index (χ2v) is 6.82. The van der Waals surface area contributed by atoms with Crippen molar-refractivity contribution in [2.45, 2.75) is 13.8 Å². The molecular formula is C23H19FN2O3. The molecule has 0 aliphatic carbocycles. The summed E-state index contributed by atoms with van der Waals surface area (Å²) in [5, 5.41) is 2.76. The van der Waals surface area contributed by atoms with E-state index in [1.807, 2.05) is 32.0 Å². The van der Waals surface area contributed by atoms with Crippen molar-refractivity contribution in [3.05, 3.63) is 77.6 Å². The lowest BCUT2D eigenvalue weighted by Gasteiger charge is -2.08. The molecule has 0 bridgehead atoms. The van der Waals surface area contributed by atoms with Gasteiger partial charge in [0.25, 0.3) is 5.91 Å². The highest BCUT2D eigenvalue weighted by molar-refractivity contribution is 5.92. The lowest BCUT2D eigenvalue weighted by Crippen LogP contribution is -2.20. The highest BCUT2D eigenvalue weighted by Crippen LogP contribution is 2.28. The average Bonchev–Trinajstić information content (AvgIpc) is 3.12. The molecule has 1 heterocycles. The van der Waals surface area contributed by atoms with Gasteiger partial charge in [-0.2, -0.15) is 0 Å². The monoisotopic (exact) mass is 390 g/mol.